The minimum Gasteiger partial charge on any atom is -0.467 e. The maximum atomic E-state index is 12.1. The van der Waals surface area contributed by atoms with Crippen molar-refractivity contribution in [3.63, 3.8) is 0 Å². The highest BCUT2D eigenvalue weighted by molar-refractivity contribution is 5.96. The van der Waals surface area contributed by atoms with Gasteiger partial charge < -0.3 is 15.8 Å². The fourth-order valence-electron chi connectivity index (χ4n) is 1.23. The van der Waals surface area contributed by atoms with E-state index in [4.69, 9.17) is 5.73 Å². The van der Waals surface area contributed by atoms with E-state index in [1.807, 2.05) is 0 Å². The van der Waals surface area contributed by atoms with Gasteiger partial charge in [0.05, 0.1) is 0 Å². The van der Waals surface area contributed by atoms with Crippen LogP contribution >= 0.6 is 0 Å². The topological polar surface area (TPSA) is 77.2 Å². The largest absolute Gasteiger partial charge is 0.467 e. The number of nitrogens with two attached hydrogens (primary N) is 1. The molecule has 0 fully saturated rings. The Kier molecular flexibility index (Phi) is 5.56. The van der Waals surface area contributed by atoms with Gasteiger partial charge in [0.25, 0.3) is 5.91 Å². The molecule has 0 saturated carbocycles. The Bertz CT molecular complexity index is 424. The number of carbonyl (C=O) groups excluding carboxylic acids is 1. The van der Waals surface area contributed by atoms with Crippen molar-refractivity contribution < 1.29 is 22.7 Å². The monoisotopic (exact) mass is 277 g/mol. The van der Waals surface area contributed by atoms with Gasteiger partial charge in [-0.15, -0.1) is 0 Å². The number of pyridine rings is 1. The summed E-state index contributed by atoms with van der Waals surface area (Å²) in [6, 6.07) is 2.79. The third-order valence-electron chi connectivity index (χ3n) is 2.05. The van der Waals surface area contributed by atoms with Gasteiger partial charge in [0.1, 0.15) is 5.56 Å². The van der Waals surface area contributed by atoms with Crippen molar-refractivity contribution in [1.29, 1.82) is 0 Å². The summed E-state index contributed by atoms with van der Waals surface area (Å²) in [5.41, 5.74) is 5.23. The number of alkyl halides is 3. The molecule has 1 aromatic heterocycles. The molecule has 0 radical (unpaired) electrons. The van der Waals surface area contributed by atoms with Gasteiger partial charge in [0.15, 0.2) is 6.61 Å². The summed E-state index contributed by atoms with van der Waals surface area (Å²) in [5.74, 6) is -0.885. The molecule has 1 aromatic rings. The van der Waals surface area contributed by atoms with Gasteiger partial charge in [-0.3, -0.25) is 4.79 Å². The molecule has 0 spiro atoms. The SMILES string of the molecule is NCCCNC(=O)c1cccnc1OCC(F)(F)F. The van der Waals surface area contributed by atoms with E-state index in [0.29, 0.717) is 19.5 Å². The molecule has 0 bridgehead atoms. The fourth-order valence-corrected chi connectivity index (χ4v) is 1.23. The summed E-state index contributed by atoms with van der Waals surface area (Å²) >= 11 is 0. The molecule has 0 aromatic carbocycles. The molecule has 106 valence electrons. The highest BCUT2D eigenvalue weighted by Gasteiger charge is 2.29. The van der Waals surface area contributed by atoms with Crippen molar-refractivity contribution in [2.45, 2.75) is 12.6 Å². The fraction of sp³-hybridized carbons (Fsp3) is 0.455. The van der Waals surface area contributed by atoms with Crippen LogP contribution in [0.2, 0.25) is 0 Å². The van der Waals surface area contributed by atoms with Gasteiger partial charge in [-0.2, -0.15) is 13.2 Å². The van der Waals surface area contributed by atoms with Gasteiger partial charge >= 0.3 is 6.18 Å². The molecule has 0 unspecified atom stereocenters. The number of amides is 1. The molecular formula is C11H14F3N3O2. The molecule has 1 rings (SSSR count). The summed E-state index contributed by atoms with van der Waals surface area (Å²) in [5, 5.41) is 2.52. The van der Waals surface area contributed by atoms with Crippen molar-refractivity contribution in [1.82, 2.24) is 10.3 Å². The molecule has 3 N–H and O–H groups in total. The number of nitrogens with one attached hydrogen (secondary N) is 1. The molecule has 5 nitrogen and oxygen atoms in total. The standard InChI is InChI=1S/C11H14F3N3O2/c12-11(13,14)7-19-10-8(3-1-5-17-10)9(18)16-6-2-4-15/h1,3,5H,2,4,6-7,15H2,(H,16,18). The van der Waals surface area contributed by atoms with Gasteiger partial charge in [0.2, 0.25) is 5.88 Å². The van der Waals surface area contributed by atoms with Crippen LogP contribution in [0, 0.1) is 0 Å². The number of carbonyl (C=O) groups is 1. The zero-order valence-corrected chi connectivity index (χ0v) is 10.0. The van der Waals surface area contributed by atoms with Crippen molar-refractivity contribution in [2.75, 3.05) is 19.7 Å². The molecule has 1 heterocycles. The second-order valence-electron chi connectivity index (χ2n) is 3.66. The predicted molar refractivity (Wildman–Crippen MR) is 61.8 cm³/mol. The molecule has 0 aliphatic carbocycles. The first-order valence-corrected chi connectivity index (χ1v) is 5.57. The van der Waals surface area contributed by atoms with E-state index in [1.54, 1.807) is 0 Å². The summed E-state index contributed by atoms with van der Waals surface area (Å²) in [4.78, 5) is 15.3. The van der Waals surface area contributed by atoms with E-state index < -0.39 is 18.7 Å². The van der Waals surface area contributed by atoms with Gasteiger partial charge in [0, 0.05) is 12.7 Å². The molecule has 8 heteroatoms. The summed E-state index contributed by atoms with van der Waals surface area (Å²) in [6.07, 6.45) is -2.65. The lowest BCUT2D eigenvalue weighted by atomic mass is 10.2. The van der Waals surface area contributed by atoms with Crippen LogP contribution < -0.4 is 15.8 Å². The number of halogens is 3. The molecular weight excluding hydrogens is 263 g/mol. The minimum atomic E-state index is -4.48. The van der Waals surface area contributed by atoms with Gasteiger partial charge in [-0.1, -0.05) is 0 Å². The molecule has 0 saturated heterocycles. The molecule has 19 heavy (non-hydrogen) atoms. The van der Waals surface area contributed by atoms with Crippen LogP contribution in [-0.2, 0) is 0 Å². The average Bonchev–Trinajstić information content (AvgIpc) is 2.36. The number of rotatable bonds is 6. The zero-order valence-electron chi connectivity index (χ0n) is 10.0. The van der Waals surface area contributed by atoms with Crippen molar-refractivity contribution in [3.05, 3.63) is 23.9 Å². The number of hydrogen-bond donors (Lipinski definition) is 2. The number of ether oxygens (including phenoxy) is 1. The maximum Gasteiger partial charge on any atom is 0.422 e. The highest BCUT2D eigenvalue weighted by Crippen LogP contribution is 2.19. The third-order valence-corrected chi connectivity index (χ3v) is 2.05. The van der Waals surface area contributed by atoms with Crippen LogP contribution in [0.5, 0.6) is 5.88 Å². The van der Waals surface area contributed by atoms with E-state index >= 15 is 0 Å². The lowest BCUT2D eigenvalue weighted by Crippen LogP contribution is -2.27. The number of nitrogens with zero attached hydrogens (tertiary/aromatic N) is 1. The Morgan fingerprint density at radius 2 is 2.21 bits per heavy atom. The number of aromatic nitrogens is 1. The van der Waals surface area contributed by atoms with E-state index in [9.17, 15) is 18.0 Å². The maximum absolute atomic E-state index is 12.1. The van der Waals surface area contributed by atoms with Crippen molar-refractivity contribution in [2.24, 2.45) is 5.73 Å². The van der Waals surface area contributed by atoms with E-state index in [0.717, 1.165) is 0 Å². The first-order chi connectivity index (χ1) is 8.94. The molecule has 0 aliphatic heterocycles. The summed E-state index contributed by atoms with van der Waals surface area (Å²) in [6.45, 7) is -0.749. The Morgan fingerprint density at radius 3 is 2.84 bits per heavy atom. The minimum absolute atomic E-state index is 0.0382. The zero-order chi connectivity index (χ0) is 14.3. The van der Waals surface area contributed by atoms with E-state index in [1.165, 1.54) is 18.3 Å². The Labute approximate surface area is 108 Å². The van der Waals surface area contributed by atoms with E-state index in [-0.39, 0.29) is 11.4 Å². The van der Waals surface area contributed by atoms with Crippen LogP contribution in [-0.4, -0.2) is 36.8 Å². The third kappa shape index (κ3) is 5.56. The quantitative estimate of drug-likeness (QED) is 0.763. The van der Waals surface area contributed by atoms with Crippen LogP contribution in [0.3, 0.4) is 0 Å². The van der Waals surface area contributed by atoms with Gasteiger partial charge in [-0.05, 0) is 25.1 Å². The summed E-state index contributed by atoms with van der Waals surface area (Å²) in [7, 11) is 0. The first kappa shape index (κ1) is 15.2. The van der Waals surface area contributed by atoms with Crippen LogP contribution in [0.4, 0.5) is 13.2 Å². The van der Waals surface area contributed by atoms with Gasteiger partial charge in [-0.25, -0.2) is 4.98 Å². The van der Waals surface area contributed by atoms with Crippen LogP contribution in [0.1, 0.15) is 16.8 Å². The second-order valence-corrected chi connectivity index (χ2v) is 3.66. The Hall–Kier alpha value is -1.83. The highest BCUT2D eigenvalue weighted by atomic mass is 19.4. The summed E-state index contributed by atoms with van der Waals surface area (Å²) < 4.78 is 40.7. The average molecular weight is 277 g/mol. The Balaban J connectivity index is 2.69. The van der Waals surface area contributed by atoms with Crippen molar-refractivity contribution in [3.8, 4) is 5.88 Å². The predicted octanol–water partition coefficient (Wildman–Crippen LogP) is 1.10. The smallest absolute Gasteiger partial charge is 0.422 e. The molecule has 0 aliphatic rings. The van der Waals surface area contributed by atoms with Crippen molar-refractivity contribution >= 4 is 5.91 Å². The Morgan fingerprint density at radius 1 is 1.47 bits per heavy atom. The second kappa shape index (κ2) is 6.93. The molecule has 1 amide bonds. The lowest BCUT2D eigenvalue weighted by molar-refractivity contribution is -0.154. The lowest BCUT2D eigenvalue weighted by Gasteiger charge is -2.11. The first-order valence-electron chi connectivity index (χ1n) is 5.57. The molecule has 0 atom stereocenters. The van der Waals surface area contributed by atoms with E-state index in [2.05, 4.69) is 15.0 Å². The number of hydrogen-bond acceptors (Lipinski definition) is 4. The normalized spacial score (nSPS) is 11.2. The van der Waals surface area contributed by atoms with Crippen LogP contribution in [0.25, 0.3) is 0 Å². The van der Waals surface area contributed by atoms with Crippen LogP contribution in [0.15, 0.2) is 18.3 Å².